The van der Waals surface area contributed by atoms with Crippen LogP contribution in [0.4, 0.5) is 5.13 Å². The van der Waals surface area contributed by atoms with Crippen LogP contribution in [0.3, 0.4) is 0 Å². The van der Waals surface area contributed by atoms with Crippen LogP contribution in [0.1, 0.15) is 36.3 Å². The number of thiazole rings is 1. The van der Waals surface area contributed by atoms with E-state index in [1.54, 1.807) is 11.3 Å². The molecule has 0 spiro atoms. The second kappa shape index (κ2) is 8.22. The van der Waals surface area contributed by atoms with Crippen LogP contribution in [-0.2, 0) is 27.2 Å². The lowest BCUT2D eigenvalue weighted by Crippen LogP contribution is -2.51. The van der Waals surface area contributed by atoms with Crippen LogP contribution in [0.2, 0.25) is 0 Å². The van der Waals surface area contributed by atoms with Crippen LogP contribution < -0.4 is 4.90 Å². The van der Waals surface area contributed by atoms with Gasteiger partial charge in [0.1, 0.15) is 0 Å². The number of rotatable bonds is 3. The van der Waals surface area contributed by atoms with Crippen molar-refractivity contribution in [2.45, 2.75) is 38.5 Å². The van der Waals surface area contributed by atoms with E-state index in [-0.39, 0.29) is 17.7 Å². The van der Waals surface area contributed by atoms with Gasteiger partial charge in [0.05, 0.1) is 18.9 Å². The molecule has 8 heteroatoms. The van der Waals surface area contributed by atoms with Crippen molar-refractivity contribution in [2.24, 2.45) is 11.8 Å². The molecule has 1 aromatic heterocycles. The first kappa shape index (κ1) is 19.3. The van der Waals surface area contributed by atoms with Gasteiger partial charge in [-0.15, -0.1) is 11.3 Å². The summed E-state index contributed by atoms with van der Waals surface area (Å²) in [4.78, 5) is 37.9. The average Bonchev–Trinajstić information content (AvgIpc) is 3.16. The summed E-state index contributed by atoms with van der Waals surface area (Å²) in [6, 6.07) is 0. The van der Waals surface area contributed by atoms with Crippen LogP contribution in [0.25, 0.3) is 0 Å². The Balaban J connectivity index is 1.18. The molecule has 1 saturated carbocycles. The van der Waals surface area contributed by atoms with Crippen LogP contribution in [0.5, 0.6) is 0 Å². The van der Waals surface area contributed by atoms with Gasteiger partial charge < -0.3 is 19.4 Å². The lowest BCUT2D eigenvalue weighted by Gasteiger charge is -2.38. The Hall–Kier alpha value is -1.67. The van der Waals surface area contributed by atoms with Crippen molar-refractivity contribution in [2.75, 3.05) is 57.4 Å². The number of fused-ring (bicyclic) bond motifs is 1. The van der Waals surface area contributed by atoms with Gasteiger partial charge in [-0.25, -0.2) is 4.98 Å². The molecule has 2 saturated heterocycles. The van der Waals surface area contributed by atoms with E-state index >= 15 is 0 Å². The van der Waals surface area contributed by atoms with Crippen molar-refractivity contribution in [3.05, 3.63) is 10.6 Å². The highest BCUT2D eigenvalue weighted by Gasteiger charge is 2.34. The van der Waals surface area contributed by atoms with E-state index in [2.05, 4.69) is 4.90 Å². The molecule has 158 valence electrons. The Kier molecular flexibility index (Phi) is 5.47. The summed E-state index contributed by atoms with van der Waals surface area (Å²) in [5.74, 6) is 1.02. The first-order valence-electron chi connectivity index (χ1n) is 11.1. The van der Waals surface area contributed by atoms with E-state index in [9.17, 15) is 9.59 Å². The summed E-state index contributed by atoms with van der Waals surface area (Å²) in [5, 5.41) is 1.07. The monoisotopic (exact) mass is 418 g/mol. The highest BCUT2D eigenvalue weighted by atomic mass is 32.1. The maximum absolute atomic E-state index is 12.9. The Labute approximate surface area is 176 Å². The van der Waals surface area contributed by atoms with Crippen molar-refractivity contribution in [3.63, 3.8) is 0 Å². The fraction of sp³-hybridized carbons (Fsp3) is 0.762. The van der Waals surface area contributed by atoms with Gasteiger partial charge in [0, 0.05) is 56.0 Å². The summed E-state index contributed by atoms with van der Waals surface area (Å²) in [7, 11) is 0. The minimum absolute atomic E-state index is 0.0887. The minimum atomic E-state index is 0.0887. The molecule has 0 aromatic carbocycles. The molecule has 2 aliphatic heterocycles. The standard InChI is InChI=1S/C21H30N4O3S/c26-19(15-2-1-3-15)23-6-8-25(9-7-23)21-22-17-5-4-16(14-18(17)29-21)20(27)24-10-12-28-13-11-24/h15-16H,1-14H2. The van der Waals surface area contributed by atoms with Gasteiger partial charge in [0.2, 0.25) is 11.8 Å². The minimum Gasteiger partial charge on any atom is -0.378 e. The number of anilines is 1. The van der Waals surface area contributed by atoms with Crippen LogP contribution in [0, 0.1) is 11.8 Å². The molecule has 2 amide bonds. The number of morpholine rings is 1. The second-order valence-corrected chi connectivity index (χ2v) is 9.75. The lowest BCUT2D eigenvalue weighted by molar-refractivity contribution is -0.140. The van der Waals surface area contributed by atoms with Gasteiger partial charge in [0.15, 0.2) is 5.13 Å². The Bertz CT molecular complexity index is 764. The molecule has 1 unspecified atom stereocenters. The molecule has 2 aliphatic carbocycles. The maximum atomic E-state index is 12.9. The third-order valence-corrected chi connectivity index (χ3v) is 8.10. The summed E-state index contributed by atoms with van der Waals surface area (Å²) >= 11 is 1.76. The molecule has 29 heavy (non-hydrogen) atoms. The third kappa shape index (κ3) is 3.89. The number of aryl methyl sites for hydroxylation is 1. The normalized spacial score (nSPS) is 25.5. The Morgan fingerprint density at radius 1 is 0.897 bits per heavy atom. The number of carbonyl (C=O) groups excluding carboxylic acids is 2. The zero-order valence-electron chi connectivity index (χ0n) is 17.0. The van der Waals surface area contributed by atoms with E-state index in [1.165, 1.54) is 17.0 Å². The van der Waals surface area contributed by atoms with Crippen LogP contribution in [0.15, 0.2) is 0 Å². The van der Waals surface area contributed by atoms with E-state index in [1.807, 2.05) is 9.80 Å². The van der Waals surface area contributed by atoms with Gasteiger partial charge in [0.25, 0.3) is 0 Å². The highest BCUT2D eigenvalue weighted by molar-refractivity contribution is 7.15. The van der Waals surface area contributed by atoms with E-state index < -0.39 is 0 Å². The summed E-state index contributed by atoms with van der Waals surface area (Å²) in [5.41, 5.74) is 1.18. The predicted molar refractivity (Wildman–Crippen MR) is 111 cm³/mol. The molecule has 7 nitrogen and oxygen atoms in total. The first-order chi connectivity index (χ1) is 14.2. The van der Waals surface area contributed by atoms with E-state index in [0.717, 1.165) is 76.5 Å². The largest absolute Gasteiger partial charge is 0.378 e. The van der Waals surface area contributed by atoms with Gasteiger partial charge in [-0.05, 0) is 32.1 Å². The predicted octanol–water partition coefficient (Wildman–Crippen LogP) is 1.56. The van der Waals surface area contributed by atoms with Crippen molar-refractivity contribution in [1.82, 2.24) is 14.8 Å². The fourth-order valence-electron chi connectivity index (χ4n) is 4.78. The Morgan fingerprint density at radius 3 is 2.28 bits per heavy atom. The van der Waals surface area contributed by atoms with Crippen LogP contribution >= 0.6 is 11.3 Å². The lowest BCUT2D eigenvalue weighted by atomic mass is 9.84. The molecule has 1 aromatic rings. The molecule has 0 N–H and O–H groups in total. The second-order valence-electron chi connectivity index (χ2n) is 8.68. The van der Waals surface area contributed by atoms with E-state index in [4.69, 9.17) is 9.72 Å². The number of carbonyl (C=O) groups is 2. The Morgan fingerprint density at radius 2 is 1.59 bits per heavy atom. The third-order valence-electron chi connectivity index (χ3n) is 6.92. The molecular weight excluding hydrogens is 388 g/mol. The number of ether oxygens (including phenoxy) is 1. The quantitative estimate of drug-likeness (QED) is 0.745. The molecule has 0 bridgehead atoms. The summed E-state index contributed by atoms with van der Waals surface area (Å²) < 4.78 is 5.38. The average molecular weight is 419 g/mol. The van der Waals surface area contributed by atoms with Crippen molar-refractivity contribution in [1.29, 1.82) is 0 Å². The number of piperazine rings is 1. The highest BCUT2D eigenvalue weighted by Crippen LogP contribution is 2.35. The smallest absolute Gasteiger partial charge is 0.226 e. The van der Waals surface area contributed by atoms with Crippen molar-refractivity contribution >= 4 is 28.3 Å². The van der Waals surface area contributed by atoms with Crippen LogP contribution in [-0.4, -0.2) is 79.1 Å². The number of nitrogens with zero attached hydrogens (tertiary/aromatic N) is 4. The molecule has 3 heterocycles. The zero-order valence-corrected chi connectivity index (χ0v) is 17.8. The molecule has 3 fully saturated rings. The topological polar surface area (TPSA) is 66.0 Å². The van der Waals surface area contributed by atoms with Gasteiger partial charge >= 0.3 is 0 Å². The number of amides is 2. The fourth-order valence-corrected chi connectivity index (χ4v) is 6.02. The molecule has 5 rings (SSSR count). The first-order valence-corrected chi connectivity index (χ1v) is 11.9. The number of aromatic nitrogens is 1. The SMILES string of the molecule is O=C(C1CCC1)N1CCN(c2nc3c(s2)CC(C(=O)N2CCOCC2)CC3)CC1. The number of hydrogen-bond donors (Lipinski definition) is 0. The molecule has 4 aliphatic rings. The number of hydrogen-bond acceptors (Lipinski definition) is 6. The van der Waals surface area contributed by atoms with Crippen molar-refractivity contribution < 1.29 is 14.3 Å². The van der Waals surface area contributed by atoms with Gasteiger partial charge in [-0.1, -0.05) is 6.42 Å². The molecule has 0 radical (unpaired) electrons. The summed E-state index contributed by atoms with van der Waals surface area (Å²) in [6.07, 6.45) is 5.97. The van der Waals surface area contributed by atoms with Crippen molar-refractivity contribution in [3.8, 4) is 0 Å². The molecule has 1 atom stereocenters. The van der Waals surface area contributed by atoms with Gasteiger partial charge in [-0.3, -0.25) is 9.59 Å². The van der Waals surface area contributed by atoms with E-state index in [0.29, 0.717) is 19.1 Å². The van der Waals surface area contributed by atoms with Gasteiger partial charge in [-0.2, -0.15) is 0 Å². The molecular formula is C21H30N4O3S. The maximum Gasteiger partial charge on any atom is 0.226 e. The summed E-state index contributed by atoms with van der Waals surface area (Å²) in [6.45, 7) is 6.09. The zero-order chi connectivity index (χ0) is 19.8.